The van der Waals surface area contributed by atoms with Crippen LogP contribution in [0.4, 0.5) is 10.5 Å². The van der Waals surface area contributed by atoms with Gasteiger partial charge >= 0.3 is 6.03 Å². The number of likely N-dealkylation sites (tertiary alicyclic amines) is 1. The number of anilines is 1. The topological polar surface area (TPSA) is 53.6 Å². The van der Waals surface area contributed by atoms with E-state index in [2.05, 4.69) is 58.0 Å². The second-order valence-electron chi connectivity index (χ2n) is 7.54. The maximum atomic E-state index is 12.2. The van der Waals surface area contributed by atoms with Gasteiger partial charge in [-0.1, -0.05) is 54.6 Å². The Kier molecular flexibility index (Phi) is 6.30. The summed E-state index contributed by atoms with van der Waals surface area (Å²) in [5.41, 5.74) is 4.44. The minimum absolute atomic E-state index is 0.217. The lowest BCUT2D eigenvalue weighted by Gasteiger charge is -2.41. The van der Waals surface area contributed by atoms with Crippen LogP contribution < -0.4 is 15.4 Å². The summed E-state index contributed by atoms with van der Waals surface area (Å²) in [4.78, 5) is 14.7. The van der Waals surface area contributed by atoms with Crippen LogP contribution in [0.5, 0.6) is 5.75 Å². The first-order valence-electron chi connectivity index (χ1n) is 10.3. The number of urea groups is 1. The highest BCUT2D eigenvalue weighted by Crippen LogP contribution is 2.34. The summed E-state index contributed by atoms with van der Waals surface area (Å²) in [6.07, 6.45) is 1.21. The number of hydrogen-bond donors (Lipinski definition) is 2. The van der Waals surface area contributed by atoms with Crippen molar-refractivity contribution in [2.75, 3.05) is 19.0 Å². The van der Waals surface area contributed by atoms with Gasteiger partial charge in [0.2, 0.25) is 0 Å². The van der Waals surface area contributed by atoms with Gasteiger partial charge in [-0.3, -0.25) is 4.90 Å². The van der Waals surface area contributed by atoms with Crippen molar-refractivity contribution < 1.29 is 9.53 Å². The van der Waals surface area contributed by atoms with E-state index in [1.165, 1.54) is 17.5 Å². The molecule has 1 atom stereocenters. The fourth-order valence-electron chi connectivity index (χ4n) is 3.71. The third-order valence-electron chi connectivity index (χ3n) is 5.52. The third-order valence-corrected chi connectivity index (χ3v) is 5.52. The summed E-state index contributed by atoms with van der Waals surface area (Å²) in [5.74, 6) is 0.802. The highest BCUT2D eigenvalue weighted by molar-refractivity contribution is 5.89. The minimum Gasteiger partial charge on any atom is -0.497 e. The van der Waals surface area contributed by atoms with Gasteiger partial charge in [0.25, 0.3) is 0 Å². The Morgan fingerprint density at radius 3 is 2.30 bits per heavy atom. The molecule has 1 aliphatic heterocycles. The molecule has 0 saturated carbocycles. The summed E-state index contributed by atoms with van der Waals surface area (Å²) >= 11 is 0. The van der Waals surface area contributed by atoms with Crippen LogP contribution in [0.25, 0.3) is 0 Å². The average molecular weight is 402 g/mol. The van der Waals surface area contributed by atoms with Crippen LogP contribution in [-0.4, -0.2) is 24.6 Å². The Balaban J connectivity index is 1.25. The maximum absolute atomic E-state index is 12.2. The van der Waals surface area contributed by atoms with Gasteiger partial charge in [0.05, 0.1) is 7.11 Å². The molecule has 0 spiro atoms. The number of nitrogens with one attached hydrogen (secondary N) is 2. The van der Waals surface area contributed by atoms with Gasteiger partial charge in [0.15, 0.2) is 0 Å². The van der Waals surface area contributed by atoms with E-state index in [0.717, 1.165) is 30.1 Å². The Hall–Kier alpha value is -3.31. The molecule has 0 aromatic heterocycles. The molecular formula is C25H27N3O2. The molecule has 1 aliphatic rings. The fraction of sp³-hybridized carbons (Fsp3) is 0.240. The van der Waals surface area contributed by atoms with Gasteiger partial charge in [-0.05, 0) is 47.4 Å². The van der Waals surface area contributed by atoms with Crippen molar-refractivity contribution in [3.63, 3.8) is 0 Å². The smallest absolute Gasteiger partial charge is 0.319 e. The van der Waals surface area contributed by atoms with Crippen molar-refractivity contribution in [3.8, 4) is 5.75 Å². The molecule has 2 amide bonds. The molecule has 154 valence electrons. The molecule has 1 saturated heterocycles. The zero-order valence-corrected chi connectivity index (χ0v) is 17.2. The van der Waals surface area contributed by atoms with Crippen molar-refractivity contribution in [1.82, 2.24) is 10.2 Å². The van der Waals surface area contributed by atoms with Gasteiger partial charge in [-0.15, -0.1) is 0 Å². The van der Waals surface area contributed by atoms with Crippen LogP contribution >= 0.6 is 0 Å². The Morgan fingerprint density at radius 2 is 1.67 bits per heavy atom. The first-order chi connectivity index (χ1) is 14.7. The number of benzene rings is 3. The van der Waals surface area contributed by atoms with Crippen molar-refractivity contribution in [1.29, 1.82) is 0 Å². The lowest BCUT2D eigenvalue weighted by molar-refractivity contribution is 0.0819. The van der Waals surface area contributed by atoms with Gasteiger partial charge in [-0.25, -0.2) is 4.79 Å². The number of carbonyl (C=O) groups is 1. The summed E-state index contributed by atoms with van der Waals surface area (Å²) in [6, 6.07) is 26.7. The lowest BCUT2D eigenvalue weighted by atomic mass is 9.94. The highest BCUT2D eigenvalue weighted by atomic mass is 16.5. The SMILES string of the molecule is COc1ccc(CNC(=O)Nc2ccc(CN3CCC3c3ccccc3)cc2)cc1. The summed E-state index contributed by atoms with van der Waals surface area (Å²) < 4.78 is 5.14. The molecular weight excluding hydrogens is 374 g/mol. The van der Waals surface area contributed by atoms with E-state index < -0.39 is 0 Å². The molecule has 4 rings (SSSR count). The number of amides is 2. The molecule has 1 heterocycles. The van der Waals surface area contributed by atoms with Crippen LogP contribution in [0, 0.1) is 0 Å². The third kappa shape index (κ3) is 4.99. The standard InChI is InChI=1S/C25H27N3O2/c1-30-23-13-9-19(10-14-23)17-26-25(29)27-22-11-7-20(8-12-22)18-28-16-15-24(28)21-5-3-2-4-6-21/h2-14,24H,15-18H2,1H3,(H2,26,27,29). The molecule has 1 unspecified atom stereocenters. The number of hydrogen-bond acceptors (Lipinski definition) is 3. The molecule has 0 bridgehead atoms. The average Bonchev–Trinajstić information content (AvgIpc) is 2.77. The van der Waals surface area contributed by atoms with E-state index in [1.54, 1.807) is 7.11 Å². The highest BCUT2D eigenvalue weighted by Gasteiger charge is 2.28. The van der Waals surface area contributed by atoms with E-state index >= 15 is 0 Å². The van der Waals surface area contributed by atoms with Gasteiger partial charge in [0.1, 0.15) is 5.75 Å². The van der Waals surface area contributed by atoms with Crippen molar-refractivity contribution >= 4 is 11.7 Å². The van der Waals surface area contributed by atoms with E-state index in [9.17, 15) is 4.79 Å². The maximum Gasteiger partial charge on any atom is 0.319 e. The first kappa shape index (κ1) is 20.0. The van der Waals surface area contributed by atoms with Crippen molar-refractivity contribution in [2.24, 2.45) is 0 Å². The Bertz CT molecular complexity index is 956. The lowest BCUT2D eigenvalue weighted by Crippen LogP contribution is -2.40. The molecule has 3 aromatic rings. The fourth-order valence-corrected chi connectivity index (χ4v) is 3.71. The number of methoxy groups -OCH3 is 1. The largest absolute Gasteiger partial charge is 0.497 e. The van der Waals surface area contributed by atoms with E-state index in [-0.39, 0.29) is 6.03 Å². The minimum atomic E-state index is -0.217. The first-order valence-corrected chi connectivity index (χ1v) is 10.3. The number of rotatable bonds is 7. The molecule has 3 aromatic carbocycles. The molecule has 30 heavy (non-hydrogen) atoms. The van der Waals surface area contributed by atoms with Crippen LogP contribution in [0.2, 0.25) is 0 Å². The second-order valence-corrected chi connectivity index (χ2v) is 7.54. The predicted octanol–water partition coefficient (Wildman–Crippen LogP) is 4.96. The molecule has 1 fully saturated rings. The zero-order valence-electron chi connectivity index (χ0n) is 17.2. The Labute approximate surface area is 177 Å². The molecule has 0 aliphatic carbocycles. The number of nitrogens with zero attached hydrogens (tertiary/aromatic N) is 1. The van der Waals surface area contributed by atoms with E-state index in [4.69, 9.17) is 4.74 Å². The molecule has 5 nitrogen and oxygen atoms in total. The number of ether oxygens (including phenoxy) is 1. The monoisotopic (exact) mass is 401 g/mol. The molecule has 2 N–H and O–H groups in total. The van der Waals surface area contributed by atoms with Gasteiger partial charge in [0, 0.05) is 31.4 Å². The number of carbonyl (C=O) groups excluding carboxylic acids is 1. The second kappa shape index (κ2) is 9.46. The zero-order chi connectivity index (χ0) is 20.8. The van der Waals surface area contributed by atoms with Crippen LogP contribution in [0.15, 0.2) is 78.9 Å². The predicted molar refractivity (Wildman–Crippen MR) is 120 cm³/mol. The molecule has 0 radical (unpaired) electrons. The van der Waals surface area contributed by atoms with Crippen molar-refractivity contribution in [2.45, 2.75) is 25.6 Å². The van der Waals surface area contributed by atoms with Gasteiger partial charge in [-0.2, -0.15) is 0 Å². The molecule has 5 heteroatoms. The summed E-state index contributed by atoms with van der Waals surface area (Å²) in [7, 11) is 1.64. The van der Waals surface area contributed by atoms with Crippen LogP contribution in [-0.2, 0) is 13.1 Å². The normalized spacial score (nSPS) is 15.8. The summed E-state index contributed by atoms with van der Waals surface area (Å²) in [5, 5.41) is 5.76. The van der Waals surface area contributed by atoms with E-state index in [0.29, 0.717) is 12.6 Å². The Morgan fingerprint density at radius 1 is 0.967 bits per heavy atom. The quantitative estimate of drug-likeness (QED) is 0.588. The van der Waals surface area contributed by atoms with Crippen LogP contribution in [0.3, 0.4) is 0 Å². The summed E-state index contributed by atoms with van der Waals surface area (Å²) in [6.45, 7) is 2.50. The van der Waals surface area contributed by atoms with Crippen molar-refractivity contribution in [3.05, 3.63) is 95.6 Å². The van der Waals surface area contributed by atoms with E-state index in [1.807, 2.05) is 36.4 Å². The van der Waals surface area contributed by atoms with Crippen LogP contribution in [0.1, 0.15) is 29.2 Å². The van der Waals surface area contributed by atoms with Gasteiger partial charge < -0.3 is 15.4 Å².